The fourth-order valence-corrected chi connectivity index (χ4v) is 5.89. The Morgan fingerprint density at radius 1 is 0.780 bits per heavy atom. The van der Waals surface area contributed by atoms with E-state index in [0.29, 0.717) is 6.54 Å². The van der Waals surface area contributed by atoms with Crippen LogP contribution in [0.25, 0.3) is 0 Å². The zero-order valence-electron chi connectivity index (χ0n) is 24.2. The summed E-state index contributed by atoms with van der Waals surface area (Å²) < 4.78 is 5.25. The van der Waals surface area contributed by atoms with Crippen LogP contribution in [-0.2, 0) is 30.8 Å². The summed E-state index contributed by atoms with van der Waals surface area (Å²) in [6, 6.07) is 38.3. The third kappa shape index (κ3) is 8.06. The normalized spacial score (nSPS) is 17.0. The van der Waals surface area contributed by atoms with Crippen LogP contribution in [0.3, 0.4) is 0 Å². The molecule has 1 aliphatic rings. The minimum absolute atomic E-state index is 0.0594. The van der Waals surface area contributed by atoms with E-state index in [1.165, 1.54) is 27.8 Å². The molecule has 0 aromatic heterocycles. The zero-order valence-corrected chi connectivity index (χ0v) is 24.2. The van der Waals surface area contributed by atoms with Crippen LogP contribution in [0.1, 0.15) is 33.7 Å². The fraction of sp³-hybridized carbons (Fsp3) is 0.306. The third-order valence-electron chi connectivity index (χ3n) is 7.99. The standard InChI is InChI=1S/C36H41N3O2/c1-38-26-34(35(27-38)36(40)37-21-20-28-16-18-33(41-2)19-17-28)32-15-9-14-31(22-32)25-39(23-29-10-5-3-6-11-29)24-30-12-7-4-8-13-30/h3-19,22,34-35H,20-21,23-27H2,1-2H3,(H,37,40). The highest BCUT2D eigenvalue weighted by atomic mass is 16.5. The molecule has 1 heterocycles. The molecule has 1 N–H and O–H groups in total. The summed E-state index contributed by atoms with van der Waals surface area (Å²) in [5.41, 5.74) is 6.34. The van der Waals surface area contributed by atoms with Gasteiger partial charge in [-0.15, -0.1) is 0 Å². The predicted octanol–water partition coefficient (Wildman–Crippen LogP) is 5.90. The van der Waals surface area contributed by atoms with E-state index in [-0.39, 0.29) is 17.7 Å². The van der Waals surface area contributed by atoms with Crippen LogP contribution in [0.4, 0.5) is 0 Å². The molecule has 5 rings (SSSR count). The lowest BCUT2D eigenvalue weighted by molar-refractivity contribution is -0.124. The Bertz CT molecular complexity index is 1330. The maximum Gasteiger partial charge on any atom is 0.225 e. The quantitative estimate of drug-likeness (QED) is 0.240. The maximum atomic E-state index is 13.4. The van der Waals surface area contributed by atoms with E-state index in [2.05, 4.69) is 119 Å². The molecule has 212 valence electrons. The van der Waals surface area contributed by atoms with E-state index in [9.17, 15) is 4.79 Å². The second-order valence-electron chi connectivity index (χ2n) is 11.2. The Hall–Kier alpha value is -3.93. The van der Waals surface area contributed by atoms with Crippen LogP contribution in [0.15, 0.2) is 109 Å². The molecule has 41 heavy (non-hydrogen) atoms. The molecule has 1 aliphatic heterocycles. The van der Waals surface area contributed by atoms with Gasteiger partial charge in [0.25, 0.3) is 0 Å². The Balaban J connectivity index is 1.25. The number of hydrogen-bond donors (Lipinski definition) is 1. The van der Waals surface area contributed by atoms with Crippen LogP contribution in [0.2, 0.25) is 0 Å². The van der Waals surface area contributed by atoms with Gasteiger partial charge < -0.3 is 15.0 Å². The van der Waals surface area contributed by atoms with Gasteiger partial charge in [0, 0.05) is 45.2 Å². The third-order valence-corrected chi connectivity index (χ3v) is 7.99. The zero-order chi connectivity index (χ0) is 28.4. The van der Waals surface area contributed by atoms with E-state index in [4.69, 9.17) is 4.74 Å². The highest BCUT2D eigenvalue weighted by molar-refractivity contribution is 5.80. The van der Waals surface area contributed by atoms with Crippen molar-refractivity contribution >= 4 is 5.91 Å². The van der Waals surface area contributed by atoms with Crippen molar-refractivity contribution in [3.63, 3.8) is 0 Å². The molecule has 4 aromatic carbocycles. The molecular weight excluding hydrogens is 506 g/mol. The Labute approximate surface area is 244 Å². The van der Waals surface area contributed by atoms with Gasteiger partial charge in [0.1, 0.15) is 5.75 Å². The Morgan fingerprint density at radius 2 is 1.39 bits per heavy atom. The molecule has 0 radical (unpaired) electrons. The summed E-state index contributed by atoms with van der Waals surface area (Å²) in [5, 5.41) is 3.22. The lowest BCUT2D eigenvalue weighted by Crippen LogP contribution is -2.35. The summed E-state index contributed by atoms with van der Waals surface area (Å²) in [7, 11) is 3.79. The average molecular weight is 548 g/mol. The van der Waals surface area contributed by atoms with E-state index in [1.54, 1.807) is 7.11 Å². The number of amides is 1. The Morgan fingerprint density at radius 3 is 2.02 bits per heavy atom. The molecule has 0 saturated carbocycles. The fourth-order valence-electron chi connectivity index (χ4n) is 5.89. The van der Waals surface area contributed by atoms with Crippen LogP contribution in [-0.4, -0.2) is 49.5 Å². The van der Waals surface area contributed by atoms with Gasteiger partial charge in [-0.25, -0.2) is 0 Å². The van der Waals surface area contributed by atoms with Crippen LogP contribution in [0, 0.1) is 5.92 Å². The van der Waals surface area contributed by atoms with Crippen LogP contribution >= 0.6 is 0 Å². The molecule has 0 aliphatic carbocycles. The van der Waals surface area contributed by atoms with E-state index >= 15 is 0 Å². The monoisotopic (exact) mass is 547 g/mol. The van der Waals surface area contributed by atoms with Gasteiger partial charge in [0.15, 0.2) is 0 Å². The number of carbonyl (C=O) groups is 1. The van der Waals surface area contributed by atoms with Crippen molar-refractivity contribution in [3.05, 3.63) is 137 Å². The molecule has 0 bridgehead atoms. The first kappa shape index (κ1) is 28.6. The number of hydrogen-bond acceptors (Lipinski definition) is 4. The van der Waals surface area contributed by atoms with Crippen molar-refractivity contribution in [1.29, 1.82) is 0 Å². The van der Waals surface area contributed by atoms with E-state index in [0.717, 1.165) is 44.9 Å². The number of nitrogens with zero attached hydrogens (tertiary/aromatic N) is 2. The molecule has 0 spiro atoms. The summed E-state index contributed by atoms with van der Waals surface area (Å²) in [5.74, 6) is 1.11. The van der Waals surface area contributed by atoms with Crippen molar-refractivity contribution in [2.45, 2.75) is 32.0 Å². The average Bonchev–Trinajstić information content (AvgIpc) is 3.40. The number of ether oxygens (including phenoxy) is 1. The van der Waals surface area contributed by atoms with Gasteiger partial charge in [0.05, 0.1) is 13.0 Å². The van der Waals surface area contributed by atoms with Gasteiger partial charge >= 0.3 is 0 Å². The molecule has 5 nitrogen and oxygen atoms in total. The molecule has 1 saturated heterocycles. The molecule has 2 atom stereocenters. The summed E-state index contributed by atoms with van der Waals surface area (Å²) in [6.45, 7) is 4.90. The number of rotatable bonds is 12. The number of likely N-dealkylation sites (tertiary alicyclic amines) is 1. The lowest BCUT2D eigenvalue weighted by atomic mass is 9.87. The van der Waals surface area contributed by atoms with Crippen LogP contribution < -0.4 is 10.1 Å². The first-order chi connectivity index (χ1) is 20.1. The van der Waals surface area contributed by atoms with Crippen molar-refractivity contribution in [2.24, 2.45) is 5.92 Å². The number of nitrogens with one attached hydrogen (secondary N) is 1. The Kier molecular flexibility index (Phi) is 9.84. The molecule has 1 amide bonds. The van der Waals surface area contributed by atoms with Gasteiger partial charge in [-0.2, -0.15) is 0 Å². The number of likely N-dealkylation sites (N-methyl/N-ethyl adjacent to an activating group) is 1. The smallest absolute Gasteiger partial charge is 0.225 e. The highest BCUT2D eigenvalue weighted by Crippen LogP contribution is 2.33. The number of methoxy groups -OCH3 is 1. The second-order valence-corrected chi connectivity index (χ2v) is 11.2. The van der Waals surface area contributed by atoms with Crippen LogP contribution in [0.5, 0.6) is 5.75 Å². The molecule has 5 heteroatoms. The van der Waals surface area contributed by atoms with Gasteiger partial charge in [-0.1, -0.05) is 97.1 Å². The van der Waals surface area contributed by atoms with Crippen molar-refractivity contribution < 1.29 is 9.53 Å². The summed E-state index contributed by atoms with van der Waals surface area (Å²) in [6.07, 6.45) is 0.803. The first-order valence-electron chi connectivity index (χ1n) is 14.6. The molecule has 1 fully saturated rings. The summed E-state index contributed by atoms with van der Waals surface area (Å²) >= 11 is 0. The molecule has 4 aromatic rings. The minimum Gasteiger partial charge on any atom is -0.497 e. The highest BCUT2D eigenvalue weighted by Gasteiger charge is 2.36. The van der Waals surface area contributed by atoms with E-state index in [1.807, 2.05) is 12.1 Å². The van der Waals surface area contributed by atoms with Crippen molar-refractivity contribution in [2.75, 3.05) is 33.8 Å². The second kappa shape index (κ2) is 14.1. The minimum atomic E-state index is -0.0594. The van der Waals surface area contributed by atoms with Gasteiger partial charge in [-0.3, -0.25) is 9.69 Å². The van der Waals surface area contributed by atoms with Gasteiger partial charge in [0.2, 0.25) is 5.91 Å². The van der Waals surface area contributed by atoms with E-state index < -0.39 is 0 Å². The molecular formula is C36H41N3O2. The lowest BCUT2D eigenvalue weighted by Gasteiger charge is -2.24. The SMILES string of the molecule is COc1ccc(CCNC(=O)C2CN(C)CC2c2cccc(CN(Cc3ccccc3)Cc3ccccc3)c2)cc1. The topological polar surface area (TPSA) is 44.8 Å². The largest absolute Gasteiger partial charge is 0.497 e. The maximum absolute atomic E-state index is 13.4. The number of carbonyl (C=O) groups excluding carboxylic acids is 1. The van der Waals surface area contributed by atoms with Gasteiger partial charge in [-0.05, 0) is 53.4 Å². The molecule has 2 unspecified atom stereocenters. The van der Waals surface area contributed by atoms with Crippen molar-refractivity contribution in [3.8, 4) is 5.75 Å². The van der Waals surface area contributed by atoms with Crippen molar-refractivity contribution in [1.82, 2.24) is 15.1 Å². The number of benzene rings is 4. The predicted molar refractivity (Wildman–Crippen MR) is 166 cm³/mol. The summed E-state index contributed by atoms with van der Waals surface area (Å²) in [4.78, 5) is 18.1. The first-order valence-corrected chi connectivity index (χ1v) is 14.6.